The summed E-state index contributed by atoms with van der Waals surface area (Å²) in [6.07, 6.45) is -0.833. The van der Waals surface area contributed by atoms with E-state index in [1.165, 1.54) is 18.2 Å². The van der Waals surface area contributed by atoms with Crippen LogP contribution in [0.15, 0.2) is 24.3 Å². The summed E-state index contributed by atoms with van der Waals surface area (Å²) < 4.78 is 55.8. The van der Waals surface area contributed by atoms with Gasteiger partial charge in [0.1, 0.15) is 12.2 Å². The predicted molar refractivity (Wildman–Crippen MR) is 135 cm³/mol. The molecule has 4 N–H and O–H groups in total. The van der Waals surface area contributed by atoms with Gasteiger partial charge in [-0.1, -0.05) is 25.0 Å². The number of hydrogen-bond acceptors (Lipinski definition) is 6. The number of nitriles is 1. The second-order valence-corrected chi connectivity index (χ2v) is 13.0. The highest BCUT2D eigenvalue weighted by Gasteiger charge is 2.51. The van der Waals surface area contributed by atoms with Crippen LogP contribution in [0.4, 0.5) is 18.9 Å². The number of rotatable bonds is 6. The molecular weight excluding hydrogens is 505 g/mol. The lowest BCUT2D eigenvalue weighted by Crippen LogP contribution is -2.54. The van der Waals surface area contributed by atoms with E-state index in [0.717, 1.165) is 32.1 Å². The zero-order valence-electron chi connectivity index (χ0n) is 21.3. The quantitative estimate of drug-likeness (QED) is 0.440. The Kier molecular flexibility index (Phi) is 8.19. The lowest BCUT2D eigenvalue weighted by molar-refractivity contribution is -0.152. The van der Waals surface area contributed by atoms with Crippen molar-refractivity contribution in [3.63, 3.8) is 0 Å². The van der Waals surface area contributed by atoms with Crippen molar-refractivity contribution in [2.75, 3.05) is 11.9 Å². The van der Waals surface area contributed by atoms with Crippen LogP contribution in [-0.2, 0) is 15.8 Å². The molecule has 1 aliphatic carbocycles. The molecule has 1 saturated carbocycles. The van der Waals surface area contributed by atoms with Gasteiger partial charge in [0.05, 0.1) is 33.6 Å². The average molecular weight is 541 g/mol. The topological polar surface area (TPSA) is 109 Å². The fourth-order valence-corrected chi connectivity index (χ4v) is 6.33. The van der Waals surface area contributed by atoms with E-state index < -0.39 is 40.0 Å². The maximum Gasteiger partial charge on any atom is 0.408 e. The Morgan fingerprint density at radius 2 is 1.89 bits per heavy atom. The lowest BCUT2D eigenvalue weighted by atomic mass is 9.83. The van der Waals surface area contributed by atoms with Gasteiger partial charge in [-0.25, -0.2) is 19.4 Å². The first-order valence-electron chi connectivity index (χ1n) is 12.7. The molecule has 2 heterocycles. The van der Waals surface area contributed by atoms with Crippen molar-refractivity contribution in [2.24, 2.45) is 11.8 Å². The van der Waals surface area contributed by atoms with E-state index >= 15 is 0 Å². The molecule has 3 fully saturated rings. The molecule has 3 aliphatic rings. The molecule has 1 aromatic rings. The minimum atomic E-state index is -4.66. The summed E-state index contributed by atoms with van der Waals surface area (Å²) in [5.41, 5.74) is 3.73. The third-order valence-corrected chi connectivity index (χ3v) is 8.93. The zero-order chi connectivity index (χ0) is 27.0. The van der Waals surface area contributed by atoms with Crippen LogP contribution in [0.25, 0.3) is 0 Å². The number of nitrogens with one attached hydrogen (secondary N) is 4. The molecule has 3 unspecified atom stereocenters. The molecule has 2 aliphatic heterocycles. The number of alkyl halides is 3. The first-order valence-corrected chi connectivity index (χ1v) is 13.9. The highest BCUT2D eigenvalue weighted by Crippen LogP contribution is 2.38. The van der Waals surface area contributed by atoms with E-state index in [0.29, 0.717) is 12.2 Å². The van der Waals surface area contributed by atoms with Crippen molar-refractivity contribution in [3.8, 4) is 6.07 Å². The second-order valence-electron chi connectivity index (χ2n) is 11.0. The van der Waals surface area contributed by atoms with Crippen LogP contribution in [0.2, 0.25) is 0 Å². The van der Waals surface area contributed by atoms with Crippen molar-refractivity contribution < 1.29 is 22.2 Å². The summed E-state index contributed by atoms with van der Waals surface area (Å²) in [6.45, 7) is 5.35. The summed E-state index contributed by atoms with van der Waals surface area (Å²) in [5.74, 6) is -0.737. The number of hydrogen-bond donors (Lipinski definition) is 4. The molecule has 2 saturated heterocycles. The van der Waals surface area contributed by atoms with E-state index in [9.17, 15) is 27.4 Å². The van der Waals surface area contributed by atoms with Gasteiger partial charge in [0.25, 0.3) is 0 Å². The first-order chi connectivity index (χ1) is 17.4. The predicted octanol–water partition coefficient (Wildman–Crippen LogP) is 3.49. The van der Waals surface area contributed by atoms with Gasteiger partial charge in [-0.05, 0) is 57.7 Å². The summed E-state index contributed by atoms with van der Waals surface area (Å²) in [7, 11) is -1.94. The molecule has 204 valence electrons. The molecule has 4 rings (SSSR count). The monoisotopic (exact) mass is 540 g/mol. The number of piperidine rings is 1. The zero-order valence-corrected chi connectivity index (χ0v) is 22.1. The lowest BCUT2D eigenvalue weighted by Gasteiger charge is -2.39. The van der Waals surface area contributed by atoms with E-state index in [1.54, 1.807) is 26.8 Å². The number of fused-ring (bicyclic) bond motifs is 1. The number of nitrogens with zero attached hydrogens (tertiary/aromatic N) is 2. The Hall–Kier alpha value is -2.20. The van der Waals surface area contributed by atoms with Crippen molar-refractivity contribution >= 4 is 22.6 Å². The average Bonchev–Trinajstić information content (AvgIpc) is 3.20. The molecule has 0 aromatic heterocycles. The summed E-state index contributed by atoms with van der Waals surface area (Å²) >= 11 is 0. The largest absolute Gasteiger partial charge is 0.408 e. The van der Waals surface area contributed by atoms with Crippen LogP contribution in [0.5, 0.6) is 0 Å². The van der Waals surface area contributed by atoms with E-state index in [-0.39, 0.29) is 29.5 Å². The van der Waals surface area contributed by atoms with E-state index in [4.69, 9.17) is 0 Å². The van der Waals surface area contributed by atoms with Crippen molar-refractivity contribution in [1.29, 1.82) is 5.26 Å². The van der Waals surface area contributed by atoms with Gasteiger partial charge in [0.15, 0.2) is 0 Å². The van der Waals surface area contributed by atoms with Gasteiger partial charge < -0.3 is 10.6 Å². The molecule has 0 spiro atoms. The molecule has 1 aromatic carbocycles. The van der Waals surface area contributed by atoms with Gasteiger partial charge in [-0.3, -0.25) is 4.79 Å². The molecule has 12 heteroatoms. The highest BCUT2D eigenvalue weighted by molar-refractivity contribution is 7.84. The molecular formula is C25H35F3N6O2S. The van der Waals surface area contributed by atoms with Crippen molar-refractivity contribution in [3.05, 3.63) is 29.8 Å². The molecule has 0 bridgehead atoms. The third kappa shape index (κ3) is 6.11. The van der Waals surface area contributed by atoms with Gasteiger partial charge in [0.2, 0.25) is 5.91 Å². The summed E-state index contributed by atoms with van der Waals surface area (Å²) in [5, 5.41) is 17.9. The Morgan fingerprint density at radius 3 is 2.57 bits per heavy atom. The smallest absolute Gasteiger partial charge is 0.368 e. The van der Waals surface area contributed by atoms with Gasteiger partial charge in [-0.2, -0.15) is 18.4 Å². The van der Waals surface area contributed by atoms with Gasteiger partial charge in [0, 0.05) is 24.3 Å². The molecule has 8 nitrogen and oxygen atoms in total. The Morgan fingerprint density at radius 1 is 1.16 bits per heavy atom. The Balaban J connectivity index is 1.58. The molecule has 7 atom stereocenters. The number of hydrazine groups is 1. The molecule has 0 radical (unpaired) electrons. The van der Waals surface area contributed by atoms with E-state index in [1.807, 2.05) is 0 Å². The van der Waals surface area contributed by atoms with Gasteiger partial charge >= 0.3 is 6.18 Å². The van der Waals surface area contributed by atoms with Crippen LogP contribution in [0, 0.1) is 23.2 Å². The maximum absolute atomic E-state index is 14.0. The maximum atomic E-state index is 14.0. The number of anilines is 1. The molecule has 37 heavy (non-hydrogen) atoms. The SMILES string of the molecule is CC(C)(C)[S@@](=O)N[C@@H](c1cccc(NC2NN([C@H]3CCCC[C@@H]3C#N)C3CCNC(=O)C23)c1)C(F)(F)F. The van der Waals surface area contributed by atoms with Crippen LogP contribution >= 0.6 is 0 Å². The van der Waals surface area contributed by atoms with Crippen LogP contribution in [0.3, 0.4) is 0 Å². The highest BCUT2D eigenvalue weighted by atomic mass is 32.2. The number of amides is 1. The summed E-state index contributed by atoms with van der Waals surface area (Å²) in [6, 6.07) is 6.04. The van der Waals surface area contributed by atoms with Gasteiger partial charge in [-0.15, -0.1) is 0 Å². The van der Waals surface area contributed by atoms with Crippen LogP contribution in [0.1, 0.15) is 64.5 Å². The standard InChI is InChI=1S/C25H35F3N6O2S/c1-24(2,3)37(36)33-21(25(26,27)28)15-8-6-9-17(13-15)31-22-20-19(11-12-30-23(20)35)34(32-22)18-10-5-4-7-16(18)14-29/h6,8-9,13,16,18-22,31-33H,4-5,7,10-12H2,1-3H3,(H,30,35)/t16-,18+,19?,20?,21+,22?,37-/m1/s1. The number of benzene rings is 1. The number of carbonyl (C=O) groups excluding carboxylic acids is 1. The summed E-state index contributed by atoms with van der Waals surface area (Å²) in [4.78, 5) is 12.9. The van der Waals surface area contributed by atoms with Crippen molar-refractivity contribution in [1.82, 2.24) is 20.5 Å². The first kappa shape index (κ1) is 27.8. The fourth-order valence-electron chi connectivity index (χ4n) is 5.49. The third-order valence-electron chi connectivity index (χ3n) is 7.36. The van der Waals surface area contributed by atoms with Crippen LogP contribution < -0.4 is 20.8 Å². The Bertz CT molecular complexity index is 1060. The second kappa shape index (κ2) is 10.9. The normalized spacial score (nSPS) is 30.6. The fraction of sp³-hybridized carbons (Fsp3) is 0.680. The van der Waals surface area contributed by atoms with E-state index in [2.05, 4.69) is 31.9 Å². The minimum Gasteiger partial charge on any atom is -0.368 e. The van der Waals surface area contributed by atoms with Crippen LogP contribution in [-0.4, -0.2) is 50.8 Å². The number of halogens is 3. The van der Waals surface area contributed by atoms with Crippen molar-refractivity contribution in [2.45, 2.75) is 88.1 Å². The minimum absolute atomic E-state index is 0.0264. The molecule has 1 amide bonds. The number of carbonyl (C=O) groups is 1. The Labute approximate surface area is 218 Å².